The molecule has 0 aliphatic carbocycles. The molecule has 0 radical (unpaired) electrons. The number of carbonyl (C=O) groups excluding carboxylic acids is 1. The second kappa shape index (κ2) is 5.45. The monoisotopic (exact) mass is 300 g/mol. The van der Waals surface area contributed by atoms with Crippen LogP contribution in [0.15, 0.2) is 40.9 Å². The Hall–Kier alpha value is -2.93. The van der Waals surface area contributed by atoms with Crippen LogP contribution in [0.5, 0.6) is 0 Å². The molecule has 1 amide bonds. The third kappa shape index (κ3) is 2.38. The van der Waals surface area contributed by atoms with Gasteiger partial charge in [-0.3, -0.25) is 4.79 Å². The van der Waals surface area contributed by atoms with Gasteiger partial charge in [-0.15, -0.1) is 0 Å². The molecule has 0 unspecified atom stereocenters. The summed E-state index contributed by atoms with van der Waals surface area (Å²) in [7, 11) is 0. The molecule has 0 saturated heterocycles. The normalized spacial score (nSPS) is 10.8. The first-order valence-electron chi connectivity index (χ1n) is 6.54. The molecule has 2 aromatic carbocycles. The Bertz CT molecular complexity index is 860. The maximum absolute atomic E-state index is 13.4. The fourth-order valence-corrected chi connectivity index (χ4v) is 2.21. The van der Waals surface area contributed by atoms with Crippen LogP contribution in [-0.2, 0) is 6.54 Å². The molecule has 0 aliphatic heterocycles. The van der Waals surface area contributed by atoms with Crippen molar-refractivity contribution in [2.24, 2.45) is 5.73 Å². The zero-order chi connectivity index (χ0) is 15.7. The Balaban J connectivity index is 1.95. The Morgan fingerprint density at radius 2 is 2.14 bits per heavy atom. The number of carbonyl (C=O) groups is 1. The molecular formula is C15H13FN4O2. The van der Waals surface area contributed by atoms with Gasteiger partial charge in [-0.25, -0.2) is 4.39 Å². The standard InChI is InChI=1S/C15H13FN4O2/c16-11-5-4-9(6-8(11)7-17)19-15(21)10-2-1-3-12-13(10)14(18)20-22-12/h1-6H,7,17H2,(H2,18,20)(H,19,21). The predicted octanol–water partition coefficient (Wildman–Crippen LogP) is 2.26. The molecule has 3 aromatic rings. The Labute approximate surface area is 124 Å². The van der Waals surface area contributed by atoms with Gasteiger partial charge in [0.25, 0.3) is 5.91 Å². The van der Waals surface area contributed by atoms with Crippen LogP contribution in [0.4, 0.5) is 15.9 Å². The summed E-state index contributed by atoms with van der Waals surface area (Å²) in [4.78, 5) is 12.4. The SMILES string of the molecule is NCc1cc(NC(=O)c2cccc3onc(N)c23)ccc1F. The lowest BCUT2D eigenvalue weighted by Crippen LogP contribution is -2.13. The van der Waals surface area contributed by atoms with Gasteiger partial charge in [-0.2, -0.15) is 0 Å². The lowest BCUT2D eigenvalue weighted by Gasteiger charge is -2.08. The summed E-state index contributed by atoms with van der Waals surface area (Å²) in [5.74, 6) is -0.663. The van der Waals surface area contributed by atoms with Gasteiger partial charge in [0.1, 0.15) is 5.82 Å². The molecule has 1 aromatic heterocycles. The van der Waals surface area contributed by atoms with Crippen LogP contribution in [0.1, 0.15) is 15.9 Å². The van der Waals surface area contributed by atoms with Crippen LogP contribution in [0, 0.1) is 5.82 Å². The average Bonchev–Trinajstić information content (AvgIpc) is 2.90. The van der Waals surface area contributed by atoms with Crippen molar-refractivity contribution >= 4 is 28.4 Å². The zero-order valence-corrected chi connectivity index (χ0v) is 11.5. The number of nitrogens with zero attached hydrogens (tertiary/aromatic N) is 1. The third-order valence-corrected chi connectivity index (χ3v) is 3.29. The number of nitrogens with two attached hydrogens (primary N) is 2. The number of hydrogen-bond donors (Lipinski definition) is 3. The number of benzene rings is 2. The van der Waals surface area contributed by atoms with Gasteiger partial charge in [-0.05, 0) is 30.3 Å². The van der Waals surface area contributed by atoms with Gasteiger partial charge in [0.05, 0.1) is 10.9 Å². The van der Waals surface area contributed by atoms with E-state index in [0.29, 0.717) is 27.8 Å². The van der Waals surface area contributed by atoms with Crippen molar-refractivity contribution in [1.82, 2.24) is 5.16 Å². The summed E-state index contributed by atoms with van der Waals surface area (Å²) in [6.07, 6.45) is 0. The van der Waals surface area contributed by atoms with E-state index in [0.717, 1.165) is 0 Å². The van der Waals surface area contributed by atoms with Crippen LogP contribution in [0.2, 0.25) is 0 Å². The highest BCUT2D eigenvalue weighted by Gasteiger charge is 2.16. The van der Waals surface area contributed by atoms with Crippen molar-refractivity contribution in [2.45, 2.75) is 6.54 Å². The van der Waals surface area contributed by atoms with E-state index in [1.54, 1.807) is 18.2 Å². The quantitative estimate of drug-likeness (QED) is 0.687. The maximum Gasteiger partial charge on any atom is 0.256 e. The number of nitrogens with one attached hydrogen (secondary N) is 1. The van der Waals surface area contributed by atoms with Crippen molar-refractivity contribution in [1.29, 1.82) is 0 Å². The molecule has 5 N–H and O–H groups in total. The van der Waals surface area contributed by atoms with Crippen LogP contribution >= 0.6 is 0 Å². The number of hydrogen-bond acceptors (Lipinski definition) is 5. The predicted molar refractivity (Wildman–Crippen MR) is 80.7 cm³/mol. The van der Waals surface area contributed by atoms with Gasteiger partial charge < -0.3 is 21.3 Å². The molecule has 0 saturated carbocycles. The summed E-state index contributed by atoms with van der Waals surface area (Å²) in [5, 5.41) is 6.77. The maximum atomic E-state index is 13.4. The minimum atomic E-state index is -0.411. The molecule has 0 bridgehead atoms. The van der Waals surface area contributed by atoms with Gasteiger partial charge in [-0.1, -0.05) is 11.2 Å². The van der Waals surface area contributed by atoms with E-state index in [9.17, 15) is 9.18 Å². The smallest absolute Gasteiger partial charge is 0.256 e. The first-order chi connectivity index (χ1) is 10.6. The molecular weight excluding hydrogens is 287 g/mol. The van der Waals surface area contributed by atoms with Crippen molar-refractivity contribution in [3.05, 3.63) is 53.3 Å². The second-order valence-corrected chi connectivity index (χ2v) is 4.71. The molecule has 0 aliphatic rings. The summed E-state index contributed by atoms with van der Waals surface area (Å²) in [6, 6.07) is 9.15. The largest absolute Gasteiger partial charge is 0.380 e. The second-order valence-electron chi connectivity index (χ2n) is 4.71. The summed E-state index contributed by atoms with van der Waals surface area (Å²) in [6.45, 7) is 0.0454. The molecule has 0 spiro atoms. The molecule has 6 nitrogen and oxygen atoms in total. The van der Waals surface area contributed by atoms with E-state index >= 15 is 0 Å². The van der Waals surface area contributed by atoms with Gasteiger partial charge in [0.15, 0.2) is 11.4 Å². The van der Waals surface area contributed by atoms with E-state index in [1.807, 2.05) is 0 Å². The third-order valence-electron chi connectivity index (χ3n) is 3.29. The number of nitrogen functional groups attached to an aromatic ring is 1. The first kappa shape index (κ1) is 14.0. The van der Waals surface area contributed by atoms with Crippen LogP contribution in [0.3, 0.4) is 0 Å². The molecule has 112 valence electrons. The van der Waals surface area contributed by atoms with E-state index < -0.39 is 11.7 Å². The first-order valence-corrected chi connectivity index (χ1v) is 6.54. The molecule has 22 heavy (non-hydrogen) atoms. The van der Waals surface area contributed by atoms with Crippen LogP contribution < -0.4 is 16.8 Å². The fourth-order valence-electron chi connectivity index (χ4n) is 2.21. The number of aromatic nitrogens is 1. The molecule has 7 heteroatoms. The van der Waals surface area contributed by atoms with Crippen molar-refractivity contribution in [3.63, 3.8) is 0 Å². The van der Waals surface area contributed by atoms with E-state index in [1.165, 1.54) is 18.2 Å². The molecule has 1 heterocycles. The number of amides is 1. The lowest BCUT2D eigenvalue weighted by molar-refractivity contribution is 0.102. The summed E-state index contributed by atoms with van der Waals surface area (Å²) in [5.41, 5.74) is 12.7. The number of fused-ring (bicyclic) bond motifs is 1. The average molecular weight is 300 g/mol. The van der Waals surface area contributed by atoms with Crippen LogP contribution in [0.25, 0.3) is 11.0 Å². The number of halogens is 1. The van der Waals surface area contributed by atoms with Crippen molar-refractivity contribution < 1.29 is 13.7 Å². The topological polar surface area (TPSA) is 107 Å². The van der Waals surface area contributed by atoms with E-state index in [4.69, 9.17) is 16.0 Å². The molecule has 0 atom stereocenters. The minimum Gasteiger partial charge on any atom is -0.380 e. The van der Waals surface area contributed by atoms with Gasteiger partial charge in [0, 0.05) is 17.8 Å². The highest BCUT2D eigenvalue weighted by Crippen LogP contribution is 2.25. The number of anilines is 2. The molecule has 3 rings (SSSR count). The highest BCUT2D eigenvalue weighted by molar-refractivity contribution is 6.14. The number of rotatable bonds is 3. The van der Waals surface area contributed by atoms with Crippen molar-refractivity contribution in [3.8, 4) is 0 Å². The Morgan fingerprint density at radius 1 is 1.32 bits per heavy atom. The van der Waals surface area contributed by atoms with Crippen molar-refractivity contribution in [2.75, 3.05) is 11.1 Å². The van der Waals surface area contributed by atoms with Gasteiger partial charge in [0.2, 0.25) is 0 Å². The van der Waals surface area contributed by atoms with E-state index in [2.05, 4.69) is 10.5 Å². The fraction of sp³-hybridized carbons (Fsp3) is 0.0667. The highest BCUT2D eigenvalue weighted by atomic mass is 19.1. The Kier molecular flexibility index (Phi) is 3.48. The minimum absolute atomic E-state index is 0.0454. The summed E-state index contributed by atoms with van der Waals surface area (Å²) >= 11 is 0. The van der Waals surface area contributed by atoms with Gasteiger partial charge >= 0.3 is 0 Å². The molecule has 0 fully saturated rings. The Morgan fingerprint density at radius 3 is 2.91 bits per heavy atom. The zero-order valence-electron chi connectivity index (χ0n) is 11.5. The van der Waals surface area contributed by atoms with E-state index in [-0.39, 0.29) is 12.4 Å². The lowest BCUT2D eigenvalue weighted by atomic mass is 10.1. The van der Waals surface area contributed by atoms with Crippen LogP contribution in [-0.4, -0.2) is 11.1 Å². The summed E-state index contributed by atoms with van der Waals surface area (Å²) < 4.78 is 18.4.